The van der Waals surface area contributed by atoms with Crippen LogP contribution in [0.3, 0.4) is 0 Å². The highest BCUT2D eigenvalue weighted by atomic mass is 32.2. The molecule has 112 valence electrons. The van der Waals surface area contributed by atoms with Gasteiger partial charge >= 0.3 is 0 Å². The molecule has 0 aliphatic rings. The molecule has 1 unspecified atom stereocenters. The van der Waals surface area contributed by atoms with Gasteiger partial charge in [-0.1, -0.05) is 57.8 Å². The van der Waals surface area contributed by atoms with Crippen LogP contribution in [0.25, 0.3) is 0 Å². The van der Waals surface area contributed by atoms with E-state index in [1.807, 2.05) is 0 Å². The highest BCUT2D eigenvalue weighted by Gasteiger charge is 2.27. The molecule has 0 bridgehead atoms. The van der Waals surface area contributed by atoms with Gasteiger partial charge in [-0.3, -0.25) is 0 Å². The molecule has 0 aliphatic carbocycles. The summed E-state index contributed by atoms with van der Waals surface area (Å²) in [6.45, 7) is 7.76. The SMILES string of the molecule is CCCCCC(C#CC(C)(C)S(C)(=O)=O)CCCC. The van der Waals surface area contributed by atoms with E-state index in [2.05, 4.69) is 25.7 Å². The van der Waals surface area contributed by atoms with Crippen LogP contribution in [-0.2, 0) is 9.84 Å². The van der Waals surface area contributed by atoms with Gasteiger partial charge in [-0.05, 0) is 26.7 Å². The molecule has 0 radical (unpaired) electrons. The second-order valence-corrected chi connectivity index (χ2v) is 8.45. The average Bonchev–Trinajstić information content (AvgIpc) is 2.30. The molecular formula is C16H30O2S. The molecule has 0 aromatic carbocycles. The van der Waals surface area contributed by atoms with Gasteiger partial charge in [0, 0.05) is 12.2 Å². The van der Waals surface area contributed by atoms with E-state index >= 15 is 0 Å². The molecule has 0 amide bonds. The average molecular weight is 286 g/mol. The standard InChI is InChI=1S/C16H30O2S/c1-6-8-10-12-15(11-9-7-2)13-14-16(3,4)19(5,17)18/h15H,6-12H2,1-5H3. The summed E-state index contributed by atoms with van der Waals surface area (Å²) in [6.07, 6.45) is 9.43. The van der Waals surface area contributed by atoms with Crippen molar-refractivity contribution < 1.29 is 8.42 Å². The van der Waals surface area contributed by atoms with E-state index in [1.165, 1.54) is 38.4 Å². The first-order valence-electron chi connectivity index (χ1n) is 7.47. The minimum atomic E-state index is -3.12. The van der Waals surface area contributed by atoms with Crippen molar-refractivity contribution in [2.75, 3.05) is 6.26 Å². The van der Waals surface area contributed by atoms with Gasteiger partial charge in [0.05, 0.1) is 0 Å². The zero-order chi connectivity index (χ0) is 14.9. The zero-order valence-corrected chi connectivity index (χ0v) is 14.1. The Morgan fingerprint density at radius 3 is 2.00 bits per heavy atom. The first kappa shape index (κ1) is 18.5. The fourth-order valence-electron chi connectivity index (χ4n) is 1.75. The Kier molecular flexibility index (Phi) is 8.41. The first-order chi connectivity index (χ1) is 8.74. The number of hydrogen-bond donors (Lipinski definition) is 0. The van der Waals surface area contributed by atoms with Crippen molar-refractivity contribution in [3.8, 4) is 11.8 Å². The largest absolute Gasteiger partial charge is 0.228 e. The predicted octanol–water partition coefficient (Wildman–Crippen LogP) is 4.20. The van der Waals surface area contributed by atoms with Crippen LogP contribution in [0.1, 0.15) is 72.6 Å². The predicted molar refractivity (Wildman–Crippen MR) is 83.9 cm³/mol. The highest BCUT2D eigenvalue weighted by Crippen LogP contribution is 2.18. The molecule has 2 nitrogen and oxygen atoms in total. The van der Waals surface area contributed by atoms with Gasteiger partial charge in [0.15, 0.2) is 9.84 Å². The van der Waals surface area contributed by atoms with E-state index in [9.17, 15) is 8.42 Å². The second-order valence-electron chi connectivity index (χ2n) is 5.89. The first-order valence-corrected chi connectivity index (χ1v) is 9.36. The maximum Gasteiger partial charge on any atom is 0.163 e. The van der Waals surface area contributed by atoms with Gasteiger partial charge in [0.25, 0.3) is 0 Å². The number of rotatable bonds is 8. The molecule has 19 heavy (non-hydrogen) atoms. The van der Waals surface area contributed by atoms with Crippen molar-refractivity contribution in [1.82, 2.24) is 0 Å². The summed E-state index contributed by atoms with van der Waals surface area (Å²) in [6, 6.07) is 0. The van der Waals surface area contributed by atoms with Crippen LogP contribution < -0.4 is 0 Å². The Hall–Kier alpha value is -0.490. The third-order valence-corrected chi connectivity index (χ3v) is 5.52. The molecule has 0 saturated heterocycles. The maximum absolute atomic E-state index is 11.6. The molecule has 0 rings (SSSR count). The van der Waals surface area contributed by atoms with E-state index in [0.717, 1.165) is 12.8 Å². The van der Waals surface area contributed by atoms with Crippen molar-refractivity contribution in [3.63, 3.8) is 0 Å². The summed E-state index contributed by atoms with van der Waals surface area (Å²) < 4.78 is 22.3. The monoisotopic (exact) mass is 286 g/mol. The van der Waals surface area contributed by atoms with Crippen molar-refractivity contribution in [3.05, 3.63) is 0 Å². The van der Waals surface area contributed by atoms with Crippen LogP contribution in [0, 0.1) is 17.8 Å². The summed E-state index contributed by atoms with van der Waals surface area (Å²) in [7, 11) is -3.12. The molecular weight excluding hydrogens is 256 g/mol. The molecule has 0 aromatic heterocycles. The van der Waals surface area contributed by atoms with Crippen LogP contribution in [-0.4, -0.2) is 19.4 Å². The highest BCUT2D eigenvalue weighted by molar-refractivity contribution is 7.92. The summed E-state index contributed by atoms with van der Waals surface area (Å²) in [4.78, 5) is 0. The Bertz CT molecular complexity index is 396. The van der Waals surface area contributed by atoms with Crippen molar-refractivity contribution in [1.29, 1.82) is 0 Å². The van der Waals surface area contributed by atoms with E-state index in [4.69, 9.17) is 0 Å². The quantitative estimate of drug-likeness (QED) is 0.495. The van der Waals surface area contributed by atoms with E-state index < -0.39 is 14.6 Å². The summed E-state index contributed by atoms with van der Waals surface area (Å²) in [5.74, 6) is 6.58. The Morgan fingerprint density at radius 1 is 1.00 bits per heavy atom. The van der Waals surface area contributed by atoms with Gasteiger partial charge in [-0.15, -0.1) is 0 Å². The van der Waals surface area contributed by atoms with E-state index in [0.29, 0.717) is 5.92 Å². The zero-order valence-electron chi connectivity index (χ0n) is 13.3. The van der Waals surface area contributed by atoms with Crippen LogP contribution in [0.2, 0.25) is 0 Å². The van der Waals surface area contributed by atoms with Crippen LogP contribution in [0.15, 0.2) is 0 Å². The lowest BCUT2D eigenvalue weighted by atomic mass is 9.95. The molecule has 0 spiro atoms. The lowest BCUT2D eigenvalue weighted by Crippen LogP contribution is -2.29. The number of sulfone groups is 1. The maximum atomic E-state index is 11.6. The summed E-state index contributed by atoms with van der Waals surface area (Å²) >= 11 is 0. The van der Waals surface area contributed by atoms with Gasteiger partial charge < -0.3 is 0 Å². The third-order valence-electron chi connectivity index (χ3n) is 3.57. The summed E-state index contributed by atoms with van der Waals surface area (Å²) in [5.41, 5.74) is 0. The minimum Gasteiger partial charge on any atom is -0.228 e. The smallest absolute Gasteiger partial charge is 0.163 e. The molecule has 0 heterocycles. The topological polar surface area (TPSA) is 34.1 Å². The molecule has 0 aromatic rings. The molecule has 3 heteroatoms. The fourth-order valence-corrected chi connectivity index (χ4v) is 1.99. The Labute approximate surface area is 120 Å². The van der Waals surface area contributed by atoms with E-state index in [1.54, 1.807) is 13.8 Å². The van der Waals surface area contributed by atoms with Gasteiger partial charge in [0.2, 0.25) is 0 Å². The fraction of sp³-hybridized carbons (Fsp3) is 0.875. The van der Waals surface area contributed by atoms with Crippen LogP contribution >= 0.6 is 0 Å². The minimum absolute atomic E-state index is 0.354. The summed E-state index contributed by atoms with van der Waals surface area (Å²) in [5, 5.41) is 0. The molecule has 0 aliphatic heterocycles. The molecule has 0 fully saturated rings. The lowest BCUT2D eigenvalue weighted by Gasteiger charge is -2.16. The van der Waals surface area contributed by atoms with Crippen LogP contribution in [0.5, 0.6) is 0 Å². The lowest BCUT2D eigenvalue weighted by molar-refractivity contribution is 0.501. The third kappa shape index (κ3) is 7.62. The second kappa shape index (κ2) is 8.64. The Morgan fingerprint density at radius 2 is 1.53 bits per heavy atom. The van der Waals surface area contributed by atoms with Gasteiger partial charge in [-0.2, -0.15) is 0 Å². The number of hydrogen-bond acceptors (Lipinski definition) is 2. The van der Waals surface area contributed by atoms with E-state index in [-0.39, 0.29) is 0 Å². The van der Waals surface area contributed by atoms with Crippen molar-refractivity contribution >= 4 is 9.84 Å². The normalized spacial score (nSPS) is 13.7. The number of unbranched alkanes of at least 4 members (excludes halogenated alkanes) is 3. The van der Waals surface area contributed by atoms with Crippen molar-refractivity contribution in [2.24, 2.45) is 5.92 Å². The van der Waals surface area contributed by atoms with Crippen LogP contribution in [0.4, 0.5) is 0 Å². The Balaban J connectivity index is 4.71. The van der Waals surface area contributed by atoms with Crippen molar-refractivity contribution in [2.45, 2.75) is 77.4 Å². The van der Waals surface area contributed by atoms with Gasteiger partial charge in [-0.25, -0.2) is 8.42 Å². The van der Waals surface area contributed by atoms with Gasteiger partial charge in [0.1, 0.15) is 4.75 Å². The molecule has 0 N–H and O–H groups in total. The molecule has 0 saturated carbocycles. The molecule has 1 atom stereocenters.